The number of carbonyl (C=O) groups is 1. The molecule has 0 aromatic heterocycles. The monoisotopic (exact) mass is 782 g/mol. The van der Waals surface area contributed by atoms with Gasteiger partial charge in [-0.1, -0.05) is 161 Å². The predicted octanol–water partition coefficient (Wildman–Crippen LogP) is 5.80. The maximum Gasteiger partial charge on any atom is 0.397 e. The van der Waals surface area contributed by atoms with Gasteiger partial charge in [-0.3, -0.25) is 9.35 Å². The average molecular weight is 782 g/mol. The fraction of sp³-hybridized carbons (Fsp3) is 0.923. The molecule has 1 fully saturated rings. The SMILES string of the molecule is CCCCCCCCCC/C=C/C(O)C(COC1OC(CO)C(O)C(OS(=O)(=O)O)C1O)NC(=O)C(O)CCCCCCCCCCCCCCCC. The van der Waals surface area contributed by atoms with Crippen LogP contribution in [0.3, 0.4) is 0 Å². The van der Waals surface area contributed by atoms with Crippen molar-refractivity contribution in [3.8, 4) is 0 Å². The summed E-state index contributed by atoms with van der Waals surface area (Å²) in [4.78, 5) is 13.0. The number of hydrogen-bond donors (Lipinski definition) is 7. The van der Waals surface area contributed by atoms with Crippen molar-refractivity contribution >= 4 is 16.3 Å². The summed E-state index contributed by atoms with van der Waals surface area (Å²) in [5.74, 6) is -0.704. The Balaban J connectivity index is 2.64. The third-order valence-corrected chi connectivity index (χ3v) is 10.4. The second-order valence-electron chi connectivity index (χ2n) is 14.7. The zero-order chi connectivity index (χ0) is 39.3. The lowest BCUT2D eigenvalue weighted by atomic mass is 9.99. The van der Waals surface area contributed by atoms with Crippen molar-refractivity contribution in [2.24, 2.45) is 0 Å². The molecule has 8 unspecified atom stereocenters. The summed E-state index contributed by atoms with van der Waals surface area (Å²) in [7, 11) is -5.11. The minimum atomic E-state index is -5.11. The number of hydrogen-bond acceptors (Lipinski definition) is 11. The van der Waals surface area contributed by atoms with E-state index in [9.17, 15) is 38.7 Å². The van der Waals surface area contributed by atoms with Crippen LogP contribution >= 0.6 is 0 Å². The van der Waals surface area contributed by atoms with Crippen LogP contribution in [-0.2, 0) is 28.9 Å². The van der Waals surface area contributed by atoms with Gasteiger partial charge in [0.15, 0.2) is 6.29 Å². The van der Waals surface area contributed by atoms with Crippen LogP contribution in [0, 0.1) is 0 Å². The molecule has 13 nitrogen and oxygen atoms in total. The first kappa shape index (κ1) is 49.8. The van der Waals surface area contributed by atoms with Crippen molar-refractivity contribution in [3.63, 3.8) is 0 Å². The molecule has 0 radical (unpaired) electrons. The number of amides is 1. The molecular formula is C39H75NO12S. The summed E-state index contributed by atoms with van der Waals surface area (Å²) >= 11 is 0. The zero-order valence-electron chi connectivity index (χ0n) is 32.7. The van der Waals surface area contributed by atoms with E-state index in [1.807, 2.05) is 6.08 Å². The summed E-state index contributed by atoms with van der Waals surface area (Å²) in [6.07, 6.45) is 18.8. The Morgan fingerprint density at radius 2 is 1.23 bits per heavy atom. The Kier molecular flexibility index (Phi) is 29.1. The van der Waals surface area contributed by atoms with Crippen LogP contribution in [0.2, 0.25) is 0 Å². The highest BCUT2D eigenvalue weighted by molar-refractivity contribution is 7.80. The van der Waals surface area contributed by atoms with Crippen molar-refractivity contribution in [2.45, 2.75) is 217 Å². The largest absolute Gasteiger partial charge is 0.397 e. The molecule has 0 saturated carbocycles. The minimum absolute atomic E-state index is 0.247. The molecule has 1 aliphatic rings. The smallest absolute Gasteiger partial charge is 0.394 e. The molecule has 1 aliphatic heterocycles. The van der Waals surface area contributed by atoms with Crippen LogP contribution in [0.15, 0.2) is 12.2 Å². The Hall–Kier alpha value is -1.20. The molecule has 53 heavy (non-hydrogen) atoms. The van der Waals surface area contributed by atoms with Crippen LogP contribution in [0.5, 0.6) is 0 Å². The van der Waals surface area contributed by atoms with E-state index in [4.69, 9.17) is 14.0 Å². The Bertz CT molecular complexity index is 1030. The van der Waals surface area contributed by atoms with E-state index < -0.39 is 78.5 Å². The molecule has 14 heteroatoms. The van der Waals surface area contributed by atoms with Gasteiger partial charge in [-0.25, -0.2) is 4.18 Å². The van der Waals surface area contributed by atoms with E-state index >= 15 is 0 Å². The molecule has 0 aliphatic carbocycles. The molecule has 0 spiro atoms. The maximum absolute atomic E-state index is 13.0. The van der Waals surface area contributed by atoms with Gasteiger partial charge in [-0.15, -0.1) is 0 Å². The lowest BCUT2D eigenvalue weighted by Crippen LogP contribution is -2.61. The topological polar surface area (TPSA) is 212 Å². The summed E-state index contributed by atoms with van der Waals surface area (Å²) in [5, 5.41) is 54.9. The third kappa shape index (κ3) is 24.1. The molecule has 1 heterocycles. The van der Waals surface area contributed by atoms with Gasteiger partial charge >= 0.3 is 10.4 Å². The van der Waals surface area contributed by atoms with Gasteiger partial charge < -0.3 is 40.3 Å². The molecular weight excluding hydrogens is 706 g/mol. The zero-order valence-corrected chi connectivity index (χ0v) is 33.5. The van der Waals surface area contributed by atoms with Gasteiger partial charge in [0.25, 0.3) is 0 Å². The van der Waals surface area contributed by atoms with Crippen LogP contribution in [0.25, 0.3) is 0 Å². The Labute approximate surface area is 320 Å². The standard InChI is InChI=1S/C39H75NO12S/c1-3-5-7-9-11-13-15-16-17-18-20-22-24-26-28-33(43)38(46)40-31(32(42)27-25-23-21-19-14-12-10-8-6-4-2)30-50-39-36(45)37(52-53(47,48)49)35(44)34(29-41)51-39/h25,27,31-37,39,41-45H,3-24,26,28-30H2,1-2H3,(H,40,46)(H,47,48,49)/b27-25+. The fourth-order valence-electron chi connectivity index (χ4n) is 6.58. The van der Waals surface area contributed by atoms with Crippen LogP contribution in [0.4, 0.5) is 0 Å². The van der Waals surface area contributed by atoms with E-state index in [2.05, 4.69) is 23.3 Å². The number of carbonyl (C=O) groups excluding carboxylic acids is 1. The van der Waals surface area contributed by atoms with E-state index in [1.165, 1.54) is 102 Å². The summed E-state index contributed by atoms with van der Waals surface area (Å²) in [6, 6.07) is -1.11. The number of unbranched alkanes of at least 4 members (excludes halogenated alkanes) is 21. The number of aliphatic hydroxyl groups is 5. The highest BCUT2D eigenvalue weighted by Gasteiger charge is 2.48. The maximum atomic E-state index is 13.0. The molecule has 1 amide bonds. The molecule has 1 saturated heterocycles. The number of nitrogens with one attached hydrogen (secondary N) is 1. The van der Waals surface area contributed by atoms with Gasteiger partial charge in [-0.2, -0.15) is 8.42 Å². The van der Waals surface area contributed by atoms with E-state index in [-0.39, 0.29) is 6.42 Å². The molecule has 0 aromatic carbocycles. The van der Waals surface area contributed by atoms with Crippen LogP contribution in [0.1, 0.15) is 168 Å². The molecule has 7 N–H and O–H groups in total. The quantitative estimate of drug-likeness (QED) is 0.0235. The molecule has 1 rings (SSSR count). The van der Waals surface area contributed by atoms with Crippen molar-refractivity contribution in [3.05, 3.63) is 12.2 Å². The normalized spacial score (nSPS) is 22.6. The number of ether oxygens (including phenoxy) is 2. The molecule has 8 atom stereocenters. The van der Waals surface area contributed by atoms with Crippen molar-refractivity contribution in [1.29, 1.82) is 0 Å². The van der Waals surface area contributed by atoms with Gasteiger partial charge in [0.1, 0.15) is 30.5 Å². The molecule has 0 bridgehead atoms. The second-order valence-corrected chi connectivity index (χ2v) is 15.8. The van der Waals surface area contributed by atoms with E-state index in [0.29, 0.717) is 12.8 Å². The van der Waals surface area contributed by atoms with Crippen molar-refractivity contribution in [1.82, 2.24) is 5.32 Å². The summed E-state index contributed by atoms with van der Waals surface area (Å²) in [5.41, 5.74) is 0. The highest BCUT2D eigenvalue weighted by atomic mass is 32.3. The second kappa shape index (κ2) is 31.0. The summed E-state index contributed by atoms with van der Waals surface area (Å²) in [6.45, 7) is 3.16. The van der Waals surface area contributed by atoms with Gasteiger partial charge in [0.2, 0.25) is 5.91 Å². The predicted molar refractivity (Wildman–Crippen MR) is 205 cm³/mol. The van der Waals surface area contributed by atoms with Crippen molar-refractivity contribution in [2.75, 3.05) is 13.2 Å². The Morgan fingerprint density at radius 1 is 0.755 bits per heavy atom. The lowest BCUT2D eigenvalue weighted by Gasteiger charge is -2.41. The third-order valence-electron chi connectivity index (χ3n) is 9.93. The summed E-state index contributed by atoms with van der Waals surface area (Å²) < 4.78 is 47.3. The first-order chi connectivity index (χ1) is 25.4. The molecule has 314 valence electrons. The lowest BCUT2D eigenvalue weighted by molar-refractivity contribution is -0.298. The number of rotatable bonds is 34. The Morgan fingerprint density at radius 3 is 1.70 bits per heavy atom. The van der Waals surface area contributed by atoms with Crippen LogP contribution < -0.4 is 5.32 Å². The van der Waals surface area contributed by atoms with Crippen LogP contribution in [-0.4, -0.2) is 107 Å². The first-order valence-corrected chi connectivity index (χ1v) is 22.0. The van der Waals surface area contributed by atoms with Gasteiger partial charge in [0, 0.05) is 0 Å². The average Bonchev–Trinajstić information content (AvgIpc) is 3.12. The van der Waals surface area contributed by atoms with Crippen molar-refractivity contribution < 1.29 is 57.0 Å². The van der Waals surface area contributed by atoms with E-state index in [1.54, 1.807) is 0 Å². The fourth-order valence-corrected chi connectivity index (χ4v) is 7.09. The number of aliphatic hydroxyl groups excluding tert-OH is 5. The molecule has 0 aromatic rings. The first-order valence-electron chi connectivity index (χ1n) is 20.7. The van der Waals surface area contributed by atoms with E-state index in [0.717, 1.165) is 38.5 Å². The minimum Gasteiger partial charge on any atom is -0.394 e. The van der Waals surface area contributed by atoms with Gasteiger partial charge in [0.05, 0.1) is 25.4 Å². The van der Waals surface area contributed by atoms with Gasteiger partial charge in [-0.05, 0) is 19.3 Å². The number of allylic oxidation sites excluding steroid dienone is 1. The highest BCUT2D eigenvalue weighted by Crippen LogP contribution is 2.26.